The fourth-order valence-electron chi connectivity index (χ4n) is 1.13. The average molecular weight is 240 g/mol. The van der Waals surface area contributed by atoms with E-state index in [1.54, 1.807) is 0 Å². The lowest BCUT2D eigenvalue weighted by molar-refractivity contribution is 0.0984. The summed E-state index contributed by atoms with van der Waals surface area (Å²) in [5.41, 5.74) is 0.322. The van der Waals surface area contributed by atoms with Crippen LogP contribution in [0.5, 0.6) is 0 Å². The van der Waals surface area contributed by atoms with Gasteiger partial charge in [-0.15, -0.1) is 16.2 Å². The van der Waals surface area contributed by atoms with E-state index in [9.17, 15) is 17.1 Å². The minimum absolute atomic E-state index is 0.193. The topological polar surface area (TPSA) is 51.2 Å². The molecule has 0 saturated heterocycles. The van der Waals surface area contributed by atoms with Crippen molar-refractivity contribution in [1.29, 1.82) is 0 Å². The fourth-order valence-corrected chi connectivity index (χ4v) is 1.59. The summed E-state index contributed by atoms with van der Waals surface area (Å²) in [6.07, 6.45) is 5.52. The molecule has 84 valence electrons. The van der Waals surface area contributed by atoms with Crippen molar-refractivity contribution in [3.05, 3.63) is 29.8 Å². The Hall–Kier alpha value is -1.67. The van der Waals surface area contributed by atoms with Crippen LogP contribution in [0.2, 0.25) is 0 Å². The molecule has 1 aromatic rings. The van der Waals surface area contributed by atoms with Crippen molar-refractivity contribution in [2.45, 2.75) is 17.7 Å². The second-order valence-corrected chi connectivity index (χ2v) is 4.44. The number of Topliss-reactive ketones (excluding diaryl/α,β-unsaturated/α-hetero) is 1. The molecule has 0 N–H and O–H groups in total. The van der Waals surface area contributed by atoms with Crippen LogP contribution in [0, 0.1) is 12.3 Å². The third-order valence-corrected chi connectivity index (χ3v) is 2.79. The zero-order valence-electron chi connectivity index (χ0n) is 8.31. The van der Waals surface area contributed by atoms with Crippen LogP contribution in [0.25, 0.3) is 0 Å². The molecule has 0 saturated carbocycles. The van der Waals surface area contributed by atoms with Gasteiger partial charge in [-0.25, -0.2) is 0 Å². The maximum Gasteiger partial charge on any atom is 0.332 e. The summed E-state index contributed by atoms with van der Waals surface area (Å²) < 4.78 is 33.5. The summed E-state index contributed by atoms with van der Waals surface area (Å²) in [5.74, 6) is 2.13. The number of terminal acetylenes is 1. The molecule has 0 heterocycles. The summed E-state index contributed by atoms with van der Waals surface area (Å²) in [5, 5.41) is 0. The fraction of sp³-hybridized carbons (Fsp3) is 0.182. The standard InChI is InChI=1S/C11H9FO3S/c1-2-3-4-11(13)9-5-7-10(8-6-9)16(12,14)15/h1,5-8H,3-4H2. The first kappa shape index (κ1) is 12.4. The second-order valence-electron chi connectivity index (χ2n) is 3.09. The molecule has 0 radical (unpaired) electrons. The molecule has 0 bridgehead atoms. The van der Waals surface area contributed by atoms with Crippen LogP contribution in [0.1, 0.15) is 23.2 Å². The number of carbonyl (C=O) groups is 1. The lowest BCUT2D eigenvalue weighted by Gasteiger charge is -1.99. The van der Waals surface area contributed by atoms with Crippen LogP contribution in [0.3, 0.4) is 0 Å². The molecule has 1 aromatic carbocycles. The van der Waals surface area contributed by atoms with Crippen molar-refractivity contribution >= 4 is 16.0 Å². The monoisotopic (exact) mass is 240 g/mol. The SMILES string of the molecule is C#CCCC(=O)c1ccc(S(=O)(=O)F)cc1. The highest BCUT2D eigenvalue weighted by Crippen LogP contribution is 2.14. The molecule has 5 heteroatoms. The Kier molecular flexibility index (Phi) is 3.80. The average Bonchev–Trinajstić information content (AvgIpc) is 2.25. The first-order valence-electron chi connectivity index (χ1n) is 4.46. The normalized spacial score (nSPS) is 10.8. The van der Waals surface area contributed by atoms with Gasteiger partial charge in [0.05, 0.1) is 4.90 Å². The predicted octanol–water partition coefficient (Wildman–Crippen LogP) is 1.94. The van der Waals surface area contributed by atoms with E-state index >= 15 is 0 Å². The lowest BCUT2D eigenvalue weighted by Crippen LogP contribution is -1.99. The van der Waals surface area contributed by atoms with Crippen LogP contribution in [-0.4, -0.2) is 14.2 Å². The van der Waals surface area contributed by atoms with Crippen molar-refractivity contribution in [2.24, 2.45) is 0 Å². The highest BCUT2D eigenvalue weighted by Gasteiger charge is 2.12. The highest BCUT2D eigenvalue weighted by atomic mass is 32.3. The molecule has 0 aliphatic rings. The van der Waals surface area contributed by atoms with Crippen molar-refractivity contribution in [1.82, 2.24) is 0 Å². The van der Waals surface area contributed by atoms with Crippen LogP contribution in [-0.2, 0) is 10.2 Å². The smallest absolute Gasteiger partial charge is 0.294 e. The summed E-state index contributed by atoms with van der Waals surface area (Å²) in [6, 6.07) is 4.65. The maximum absolute atomic E-state index is 12.5. The van der Waals surface area contributed by atoms with Gasteiger partial charge in [0.15, 0.2) is 5.78 Å². The Bertz CT molecular complexity index is 523. The van der Waals surface area contributed by atoms with E-state index < -0.39 is 15.1 Å². The summed E-state index contributed by atoms with van der Waals surface area (Å²) in [7, 11) is -4.71. The highest BCUT2D eigenvalue weighted by molar-refractivity contribution is 7.86. The Morgan fingerprint density at radius 2 is 1.88 bits per heavy atom. The van der Waals surface area contributed by atoms with Gasteiger partial charge in [-0.2, -0.15) is 8.42 Å². The first-order chi connectivity index (χ1) is 7.45. The van der Waals surface area contributed by atoms with E-state index in [0.717, 1.165) is 12.1 Å². The van der Waals surface area contributed by atoms with Crippen LogP contribution >= 0.6 is 0 Å². The maximum atomic E-state index is 12.5. The van der Waals surface area contributed by atoms with E-state index in [2.05, 4.69) is 5.92 Å². The molecular formula is C11H9FO3S. The number of benzene rings is 1. The number of carbonyl (C=O) groups excluding carboxylic acids is 1. The van der Waals surface area contributed by atoms with Crippen molar-refractivity contribution in [3.63, 3.8) is 0 Å². The molecule has 0 amide bonds. The number of hydrogen-bond acceptors (Lipinski definition) is 3. The van der Waals surface area contributed by atoms with Gasteiger partial charge in [0.1, 0.15) is 0 Å². The molecular weight excluding hydrogens is 231 g/mol. The summed E-state index contributed by atoms with van der Waals surface area (Å²) >= 11 is 0. The summed E-state index contributed by atoms with van der Waals surface area (Å²) in [6.45, 7) is 0. The molecule has 0 spiro atoms. The van der Waals surface area contributed by atoms with E-state index in [4.69, 9.17) is 6.42 Å². The number of halogens is 1. The zero-order valence-corrected chi connectivity index (χ0v) is 9.13. The molecule has 0 unspecified atom stereocenters. The molecule has 0 atom stereocenters. The number of hydrogen-bond donors (Lipinski definition) is 0. The molecule has 0 fully saturated rings. The lowest BCUT2D eigenvalue weighted by atomic mass is 10.1. The van der Waals surface area contributed by atoms with E-state index in [-0.39, 0.29) is 12.2 Å². The molecule has 1 rings (SSSR count). The van der Waals surface area contributed by atoms with Crippen molar-refractivity contribution < 1.29 is 17.1 Å². The van der Waals surface area contributed by atoms with Gasteiger partial charge in [-0.05, 0) is 12.1 Å². The number of rotatable bonds is 4. The minimum atomic E-state index is -4.71. The van der Waals surface area contributed by atoms with Gasteiger partial charge in [-0.3, -0.25) is 4.79 Å². The van der Waals surface area contributed by atoms with Gasteiger partial charge < -0.3 is 0 Å². The van der Waals surface area contributed by atoms with Gasteiger partial charge in [-0.1, -0.05) is 12.1 Å². The molecule has 0 aliphatic carbocycles. The van der Waals surface area contributed by atoms with Crippen molar-refractivity contribution in [3.8, 4) is 12.3 Å². The Morgan fingerprint density at radius 3 is 2.31 bits per heavy atom. The molecule has 3 nitrogen and oxygen atoms in total. The van der Waals surface area contributed by atoms with Crippen LogP contribution in [0.4, 0.5) is 3.89 Å². The Morgan fingerprint density at radius 1 is 1.31 bits per heavy atom. The molecule has 0 aliphatic heterocycles. The van der Waals surface area contributed by atoms with Gasteiger partial charge in [0.2, 0.25) is 0 Å². The largest absolute Gasteiger partial charge is 0.332 e. The third-order valence-electron chi connectivity index (χ3n) is 1.95. The summed E-state index contributed by atoms with van der Waals surface area (Å²) in [4.78, 5) is 11.0. The second kappa shape index (κ2) is 4.90. The van der Waals surface area contributed by atoms with E-state index in [1.807, 2.05) is 0 Å². The quantitative estimate of drug-likeness (QED) is 0.459. The Balaban J connectivity index is 2.88. The van der Waals surface area contributed by atoms with Crippen LogP contribution in [0.15, 0.2) is 29.2 Å². The van der Waals surface area contributed by atoms with Crippen molar-refractivity contribution in [2.75, 3.05) is 0 Å². The van der Waals surface area contributed by atoms with Gasteiger partial charge in [0.25, 0.3) is 0 Å². The third kappa shape index (κ3) is 3.17. The zero-order chi connectivity index (χ0) is 12.2. The first-order valence-corrected chi connectivity index (χ1v) is 5.85. The van der Waals surface area contributed by atoms with Gasteiger partial charge >= 0.3 is 10.2 Å². The Labute approximate surface area is 93.5 Å². The van der Waals surface area contributed by atoms with Gasteiger partial charge in [0, 0.05) is 18.4 Å². The molecule has 16 heavy (non-hydrogen) atoms. The van der Waals surface area contributed by atoms with E-state index in [0.29, 0.717) is 12.0 Å². The molecule has 0 aromatic heterocycles. The number of ketones is 1. The predicted molar refractivity (Wildman–Crippen MR) is 57.1 cm³/mol. The minimum Gasteiger partial charge on any atom is -0.294 e. The van der Waals surface area contributed by atoms with Crippen LogP contribution < -0.4 is 0 Å². The van der Waals surface area contributed by atoms with E-state index in [1.165, 1.54) is 12.1 Å².